The number of carbonyl (C=O) groups is 1. The summed E-state index contributed by atoms with van der Waals surface area (Å²) < 4.78 is 11.8. The molecule has 1 saturated heterocycles. The SMILES string of the molecule is COc1cccc2c1Oc1ccccc1N=C2N1CCN(C(=O)CC(C)(C)C)CC1. The van der Waals surface area contributed by atoms with Gasteiger partial charge in [0.2, 0.25) is 5.91 Å². The minimum absolute atomic E-state index is 0.00384. The highest BCUT2D eigenvalue weighted by Crippen LogP contribution is 2.42. The number of fused-ring (bicyclic) bond motifs is 2. The van der Waals surface area contributed by atoms with Crippen LogP contribution in [0.2, 0.25) is 0 Å². The second kappa shape index (κ2) is 8.01. The highest BCUT2D eigenvalue weighted by Gasteiger charge is 2.29. The highest BCUT2D eigenvalue weighted by atomic mass is 16.5. The molecule has 158 valence electrons. The maximum Gasteiger partial charge on any atom is 0.223 e. The van der Waals surface area contributed by atoms with E-state index in [-0.39, 0.29) is 11.3 Å². The number of aliphatic imine (C=N–C) groups is 1. The van der Waals surface area contributed by atoms with E-state index >= 15 is 0 Å². The van der Waals surface area contributed by atoms with E-state index in [1.54, 1.807) is 7.11 Å². The minimum atomic E-state index is -0.00384. The maximum absolute atomic E-state index is 12.6. The average Bonchev–Trinajstić information content (AvgIpc) is 2.89. The molecule has 0 aliphatic carbocycles. The summed E-state index contributed by atoms with van der Waals surface area (Å²) in [5.41, 5.74) is 1.69. The van der Waals surface area contributed by atoms with Crippen molar-refractivity contribution in [1.82, 2.24) is 9.80 Å². The molecule has 0 atom stereocenters. The van der Waals surface area contributed by atoms with Gasteiger partial charge < -0.3 is 19.3 Å². The van der Waals surface area contributed by atoms with Crippen molar-refractivity contribution < 1.29 is 14.3 Å². The topological polar surface area (TPSA) is 54.4 Å². The van der Waals surface area contributed by atoms with Crippen molar-refractivity contribution in [2.24, 2.45) is 10.4 Å². The van der Waals surface area contributed by atoms with E-state index in [1.165, 1.54) is 0 Å². The van der Waals surface area contributed by atoms with Gasteiger partial charge in [0.1, 0.15) is 11.5 Å². The van der Waals surface area contributed by atoms with E-state index in [1.807, 2.05) is 47.4 Å². The minimum Gasteiger partial charge on any atom is -0.493 e. The van der Waals surface area contributed by atoms with Crippen LogP contribution in [0.1, 0.15) is 32.8 Å². The van der Waals surface area contributed by atoms with Crippen LogP contribution in [0.15, 0.2) is 47.5 Å². The lowest BCUT2D eigenvalue weighted by Crippen LogP contribution is -2.51. The first-order valence-electron chi connectivity index (χ1n) is 10.4. The summed E-state index contributed by atoms with van der Waals surface area (Å²) in [6.45, 7) is 9.14. The van der Waals surface area contributed by atoms with Gasteiger partial charge >= 0.3 is 0 Å². The second-order valence-corrected chi connectivity index (χ2v) is 8.95. The Balaban J connectivity index is 1.63. The number of amidine groups is 1. The van der Waals surface area contributed by atoms with E-state index in [9.17, 15) is 4.79 Å². The summed E-state index contributed by atoms with van der Waals surface area (Å²) in [5, 5.41) is 0. The average molecular weight is 408 g/mol. The zero-order valence-electron chi connectivity index (χ0n) is 18.1. The lowest BCUT2D eigenvalue weighted by Gasteiger charge is -2.37. The summed E-state index contributed by atoms with van der Waals surface area (Å²) >= 11 is 0. The first-order chi connectivity index (χ1) is 14.4. The molecule has 0 saturated carbocycles. The number of para-hydroxylation sites is 3. The van der Waals surface area contributed by atoms with Crippen molar-refractivity contribution in [3.05, 3.63) is 48.0 Å². The number of piperazine rings is 1. The molecule has 2 aromatic carbocycles. The number of hydrogen-bond acceptors (Lipinski definition) is 5. The van der Waals surface area contributed by atoms with Crippen LogP contribution in [0.3, 0.4) is 0 Å². The molecule has 2 aliphatic heterocycles. The predicted molar refractivity (Wildman–Crippen MR) is 118 cm³/mol. The van der Waals surface area contributed by atoms with Crippen LogP contribution >= 0.6 is 0 Å². The molecule has 0 bridgehead atoms. The van der Waals surface area contributed by atoms with Crippen LogP contribution in [-0.2, 0) is 4.79 Å². The Bertz CT molecular complexity index is 970. The summed E-state index contributed by atoms with van der Waals surface area (Å²) in [5.74, 6) is 3.14. The molecule has 1 fully saturated rings. The van der Waals surface area contributed by atoms with Crippen molar-refractivity contribution in [2.45, 2.75) is 27.2 Å². The van der Waals surface area contributed by atoms with Crippen molar-refractivity contribution >= 4 is 17.4 Å². The molecule has 0 radical (unpaired) electrons. The van der Waals surface area contributed by atoms with Crippen molar-refractivity contribution in [3.8, 4) is 17.2 Å². The molecular formula is C24H29N3O3. The van der Waals surface area contributed by atoms with Gasteiger partial charge in [-0.25, -0.2) is 4.99 Å². The molecule has 0 unspecified atom stereocenters. The Morgan fingerprint density at radius 3 is 2.50 bits per heavy atom. The Hall–Kier alpha value is -3.02. The van der Waals surface area contributed by atoms with E-state index in [4.69, 9.17) is 14.5 Å². The van der Waals surface area contributed by atoms with E-state index in [0.717, 1.165) is 30.2 Å². The molecule has 0 N–H and O–H groups in total. The van der Waals surface area contributed by atoms with Gasteiger partial charge in [-0.2, -0.15) is 0 Å². The summed E-state index contributed by atoms with van der Waals surface area (Å²) in [4.78, 5) is 21.8. The first kappa shape index (κ1) is 20.3. The zero-order valence-corrected chi connectivity index (χ0v) is 18.1. The van der Waals surface area contributed by atoms with E-state index in [0.29, 0.717) is 36.8 Å². The largest absolute Gasteiger partial charge is 0.493 e. The van der Waals surface area contributed by atoms with Crippen LogP contribution in [-0.4, -0.2) is 54.8 Å². The van der Waals surface area contributed by atoms with Gasteiger partial charge in [-0.1, -0.05) is 39.0 Å². The number of methoxy groups -OCH3 is 1. The van der Waals surface area contributed by atoms with Crippen LogP contribution in [0.4, 0.5) is 5.69 Å². The number of hydrogen-bond donors (Lipinski definition) is 0. The Labute approximate surface area is 178 Å². The monoisotopic (exact) mass is 407 g/mol. The third-order valence-electron chi connectivity index (χ3n) is 5.36. The second-order valence-electron chi connectivity index (χ2n) is 8.95. The summed E-state index contributed by atoms with van der Waals surface area (Å²) in [6.07, 6.45) is 0.565. The molecule has 0 aromatic heterocycles. The molecule has 2 aromatic rings. The number of benzene rings is 2. The molecule has 4 rings (SSSR count). The van der Waals surface area contributed by atoms with Crippen LogP contribution in [0.5, 0.6) is 17.2 Å². The lowest BCUT2D eigenvalue weighted by molar-refractivity contribution is -0.134. The molecular weight excluding hydrogens is 378 g/mol. The van der Waals surface area contributed by atoms with Gasteiger partial charge in [0, 0.05) is 32.6 Å². The molecule has 6 heteroatoms. The van der Waals surface area contributed by atoms with Gasteiger partial charge in [-0.3, -0.25) is 4.79 Å². The van der Waals surface area contributed by atoms with Crippen LogP contribution in [0, 0.1) is 5.41 Å². The lowest BCUT2D eigenvalue weighted by atomic mass is 9.91. The number of rotatable bonds is 2. The first-order valence-corrected chi connectivity index (χ1v) is 10.4. The zero-order chi connectivity index (χ0) is 21.3. The predicted octanol–water partition coefficient (Wildman–Crippen LogP) is 4.46. The Morgan fingerprint density at radius 1 is 1.07 bits per heavy atom. The summed E-state index contributed by atoms with van der Waals surface area (Å²) in [7, 11) is 1.65. The van der Waals surface area contributed by atoms with Crippen LogP contribution in [0.25, 0.3) is 0 Å². The Kier molecular flexibility index (Phi) is 5.41. The van der Waals surface area contributed by atoms with Crippen molar-refractivity contribution in [3.63, 3.8) is 0 Å². The van der Waals surface area contributed by atoms with Gasteiger partial charge in [-0.05, 0) is 29.7 Å². The standard InChI is InChI=1S/C24H29N3O3/c1-24(2,3)16-21(28)26-12-14-27(15-13-26)23-17-8-7-11-20(29-4)22(17)30-19-10-6-5-9-18(19)25-23/h5-11H,12-16H2,1-4H3. The smallest absolute Gasteiger partial charge is 0.223 e. The maximum atomic E-state index is 12.6. The molecule has 30 heavy (non-hydrogen) atoms. The summed E-state index contributed by atoms with van der Waals surface area (Å²) in [6, 6.07) is 13.6. The van der Waals surface area contributed by atoms with Crippen LogP contribution < -0.4 is 9.47 Å². The van der Waals surface area contributed by atoms with E-state index in [2.05, 4.69) is 25.7 Å². The number of amides is 1. The van der Waals surface area contributed by atoms with E-state index < -0.39 is 0 Å². The quantitative estimate of drug-likeness (QED) is 0.738. The fourth-order valence-electron chi connectivity index (χ4n) is 3.85. The molecule has 1 amide bonds. The number of ether oxygens (including phenoxy) is 2. The van der Waals surface area contributed by atoms with Gasteiger partial charge in [0.25, 0.3) is 0 Å². The fourth-order valence-corrected chi connectivity index (χ4v) is 3.85. The van der Waals surface area contributed by atoms with Gasteiger partial charge in [0.15, 0.2) is 17.2 Å². The molecule has 0 spiro atoms. The normalized spacial score (nSPS) is 16.1. The number of nitrogens with zero attached hydrogens (tertiary/aromatic N) is 3. The Morgan fingerprint density at radius 2 is 1.80 bits per heavy atom. The molecule has 2 heterocycles. The van der Waals surface area contributed by atoms with Gasteiger partial charge in [-0.15, -0.1) is 0 Å². The third kappa shape index (κ3) is 4.13. The highest BCUT2D eigenvalue weighted by molar-refractivity contribution is 6.04. The van der Waals surface area contributed by atoms with Crippen molar-refractivity contribution in [2.75, 3.05) is 33.3 Å². The molecule has 2 aliphatic rings. The van der Waals surface area contributed by atoms with Gasteiger partial charge in [0.05, 0.1) is 12.7 Å². The fraction of sp³-hybridized carbons (Fsp3) is 0.417. The third-order valence-corrected chi connectivity index (χ3v) is 5.36. The van der Waals surface area contributed by atoms with Crippen molar-refractivity contribution in [1.29, 1.82) is 0 Å². The molecule has 6 nitrogen and oxygen atoms in total. The number of carbonyl (C=O) groups excluding carboxylic acids is 1.